The van der Waals surface area contributed by atoms with Gasteiger partial charge in [-0.1, -0.05) is 6.08 Å². The predicted octanol–water partition coefficient (Wildman–Crippen LogP) is 2.20. The highest BCUT2D eigenvalue weighted by atomic mass is 16.6. The Morgan fingerprint density at radius 3 is 2.87 bits per heavy atom. The number of nitrogens with zero attached hydrogens (tertiary/aromatic N) is 1. The first-order valence-corrected chi connectivity index (χ1v) is 4.35. The summed E-state index contributed by atoms with van der Waals surface area (Å²) >= 11 is 0. The van der Waals surface area contributed by atoms with E-state index in [0.29, 0.717) is 18.0 Å². The van der Waals surface area contributed by atoms with Crippen LogP contribution in [0.5, 0.6) is 5.75 Å². The molecule has 5 heteroatoms. The summed E-state index contributed by atoms with van der Waals surface area (Å²) in [5.74, 6) is 0.454. The largest absolute Gasteiger partial charge is 0.496 e. The lowest BCUT2D eigenvalue weighted by Crippen LogP contribution is -1.99. The van der Waals surface area contributed by atoms with Crippen LogP contribution < -0.4 is 10.1 Å². The molecule has 0 aromatic heterocycles. The standard InChI is InChI=1S/C10H12N2O3/c1-3-4-11-8-5-9(12(13)14)7-10(6-8)15-2/h3,5-7,11H,1,4H2,2H3. The molecular formula is C10H12N2O3. The van der Waals surface area contributed by atoms with E-state index in [2.05, 4.69) is 11.9 Å². The third-order valence-corrected chi connectivity index (χ3v) is 1.79. The first kappa shape index (κ1) is 11.0. The second-order valence-electron chi connectivity index (χ2n) is 2.85. The molecule has 1 aromatic carbocycles. The molecular weight excluding hydrogens is 196 g/mol. The molecule has 1 rings (SSSR count). The summed E-state index contributed by atoms with van der Waals surface area (Å²) in [6.45, 7) is 4.09. The summed E-state index contributed by atoms with van der Waals surface area (Å²) < 4.78 is 4.96. The van der Waals surface area contributed by atoms with Crippen LogP contribution in [0, 0.1) is 10.1 Å². The highest BCUT2D eigenvalue weighted by Gasteiger charge is 2.09. The van der Waals surface area contributed by atoms with Crippen molar-refractivity contribution in [3.05, 3.63) is 41.0 Å². The zero-order chi connectivity index (χ0) is 11.3. The van der Waals surface area contributed by atoms with E-state index < -0.39 is 4.92 Å². The Bertz CT molecular complexity index is 377. The monoisotopic (exact) mass is 208 g/mol. The van der Waals surface area contributed by atoms with E-state index in [1.807, 2.05) is 0 Å². The van der Waals surface area contributed by atoms with Crippen molar-refractivity contribution in [2.24, 2.45) is 0 Å². The Hall–Kier alpha value is -2.04. The number of non-ortho nitro benzene ring substituents is 1. The summed E-state index contributed by atoms with van der Waals surface area (Å²) in [5, 5.41) is 13.6. The zero-order valence-electron chi connectivity index (χ0n) is 8.40. The minimum absolute atomic E-state index is 0.000845. The van der Waals surface area contributed by atoms with E-state index in [4.69, 9.17) is 4.74 Å². The second kappa shape index (κ2) is 4.99. The highest BCUT2D eigenvalue weighted by molar-refractivity contribution is 5.56. The molecule has 0 bridgehead atoms. The van der Waals surface area contributed by atoms with Crippen molar-refractivity contribution in [2.45, 2.75) is 0 Å². The van der Waals surface area contributed by atoms with Crippen LogP contribution in [0.4, 0.5) is 11.4 Å². The van der Waals surface area contributed by atoms with Gasteiger partial charge in [0.2, 0.25) is 0 Å². The van der Waals surface area contributed by atoms with Crippen molar-refractivity contribution in [1.29, 1.82) is 0 Å². The molecule has 80 valence electrons. The lowest BCUT2D eigenvalue weighted by atomic mass is 10.2. The summed E-state index contributed by atoms with van der Waals surface area (Å²) in [5.41, 5.74) is 0.641. The van der Waals surface area contributed by atoms with E-state index in [0.717, 1.165) is 0 Å². The van der Waals surface area contributed by atoms with Crippen molar-refractivity contribution < 1.29 is 9.66 Å². The smallest absolute Gasteiger partial charge is 0.275 e. The van der Waals surface area contributed by atoms with Gasteiger partial charge in [0, 0.05) is 24.4 Å². The van der Waals surface area contributed by atoms with Crippen molar-refractivity contribution >= 4 is 11.4 Å². The molecule has 0 amide bonds. The lowest BCUT2D eigenvalue weighted by molar-refractivity contribution is -0.384. The van der Waals surface area contributed by atoms with Crippen LogP contribution in [0.25, 0.3) is 0 Å². The van der Waals surface area contributed by atoms with Gasteiger partial charge in [0.25, 0.3) is 5.69 Å². The van der Waals surface area contributed by atoms with Crippen LogP contribution in [0.15, 0.2) is 30.9 Å². The van der Waals surface area contributed by atoms with Gasteiger partial charge in [0.15, 0.2) is 0 Å². The van der Waals surface area contributed by atoms with Crippen LogP contribution in [-0.2, 0) is 0 Å². The quantitative estimate of drug-likeness (QED) is 0.457. The number of hydrogen-bond acceptors (Lipinski definition) is 4. The highest BCUT2D eigenvalue weighted by Crippen LogP contribution is 2.25. The number of nitro benzene ring substituents is 1. The first-order chi connectivity index (χ1) is 7.17. The Balaban J connectivity index is 2.99. The number of methoxy groups -OCH3 is 1. The van der Waals surface area contributed by atoms with E-state index in [-0.39, 0.29) is 5.69 Å². The number of anilines is 1. The van der Waals surface area contributed by atoms with Crippen LogP contribution in [0.2, 0.25) is 0 Å². The van der Waals surface area contributed by atoms with Gasteiger partial charge in [0.05, 0.1) is 18.1 Å². The Kier molecular flexibility index (Phi) is 3.68. The number of ether oxygens (including phenoxy) is 1. The van der Waals surface area contributed by atoms with Gasteiger partial charge in [-0.3, -0.25) is 10.1 Å². The molecule has 0 spiro atoms. The molecule has 0 heterocycles. The summed E-state index contributed by atoms with van der Waals surface area (Å²) in [6, 6.07) is 4.52. The molecule has 0 unspecified atom stereocenters. The number of benzene rings is 1. The molecule has 0 aliphatic heterocycles. The van der Waals surface area contributed by atoms with Gasteiger partial charge in [0.1, 0.15) is 5.75 Å². The minimum atomic E-state index is -0.457. The third kappa shape index (κ3) is 2.98. The topological polar surface area (TPSA) is 64.4 Å². The molecule has 5 nitrogen and oxygen atoms in total. The van der Waals surface area contributed by atoms with Crippen LogP contribution in [0.3, 0.4) is 0 Å². The van der Waals surface area contributed by atoms with Gasteiger partial charge < -0.3 is 10.1 Å². The SMILES string of the molecule is C=CCNc1cc(OC)cc([N+](=O)[O-])c1. The predicted molar refractivity (Wildman–Crippen MR) is 58.3 cm³/mol. The molecule has 0 aliphatic rings. The van der Waals surface area contributed by atoms with Gasteiger partial charge in [-0.2, -0.15) is 0 Å². The number of nitro groups is 1. The van der Waals surface area contributed by atoms with Gasteiger partial charge in [-0.05, 0) is 0 Å². The first-order valence-electron chi connectivity index (χ1n) is 4.35. The lowest BCUT2D eigenvalue weighted by Gasteiger charge is -2.05. The van der Waals surface area contributed by atoms with Crippen molar-refractivity contribution in [3.8, 4) is 5.75 Å². The average Bonchev–Trinajstić information content (AvgIpc) is 2.25. The second-order valence-corrected chi connectivity index (χ2v) is 2.85. The Morgan fingerprint density at radius 1 is 1.60 bits per heavy atom. The molecule has 0 radical (unpaired) electrons. The van der Waals surface area contributed by atoms with E-state index in [9.17, 15) is 10.1 Å². The van der Waals surface area contributed by atoms with Crippen molar-refractivity contribution in [1.82, 2.24) is 0 Å². The minimum Gasteiger partial charge on any atom is -0.496 e. The van der Waals surface area contributed by atoms with Crippen LogP contribution in [0.1, 0.15) is 0 Å². The average molecular weight is 208 g/mol. The maximum absolute atomic E-state index is 10.6. The van der Waals surface area contributed by atoms with Gasteiger partial charge in [-0.15, -0.1) is 6.58 Å². The summed E-state index contributed by atoms with van der Waals surface area (Å²) in [7, 11) is 1.47. The Morgan fingerprint density at radius 2 is 2.33 bits per heavy atom. The number of rotatable bonds is 5. The van der Waals surface area contributed by atoms with E-state index in [1.165, 1.54) is 19.2 Å². The van der Waals surface area contributed by atoms with Crippen molar-refractivity contribution in [2.75, 3.05) is 19.0 Å². The van der Waals surface area contributed by atoms with Crippen molar-refractivity contribution in [3.63, 3.8) is 0 Å². The fourth-order valence-electron chi connectivity index (χ4n) is 1.10. The fourth-order valence-corrected chi connectivity index (χ4v) is 1.10. The van der Waals surface area contributed by atoms with Crippen LogP contribution in [-0.4, -0.2) is 18.6 Å². The maximum atomic E-state index is 10.6. The maximum Gasteiger partial charge on any atom is 0.275 e. The molecule has 0 fully saturated rings. The van der Waals surface area contributed by atoms with E-state index in [1.54, 1.807) is 12.1 Å². The molecule has 1 aromatic rings. The summed E-state index contributed by atoms with van der Waals surface area (Å²) in [4.78, 5) is 10.1. The number of nitrogens with one attached hydrogen (secondary N) is 1. The number of hydrogen-bond donors (Lipinski definition) is 1. The molecule has 0 aliphatic carbocycles. The molecule has 15 heavy (non-hydrogen) atoms. The zero-order valence-corrected chi connectivity index (χ0v) is 8.40. The third-order valence-electron chi connectivity index (χ3n) is 1.79. The molecule has 1 N–H and O–H groups in total. The Labute approximate surface area is 87.5 Å². The summed E-state index contributed by atoms with van der Waals surface area (Å²) in [6.07, 6.45) is 1.67. The molecule has 0 atom stereocenters. The van der Waals surface area contributed by atoms with E-state index >= 15 is 0 Å². The fraction of sp³-hybridized carbons (Fsp3) is 0.200. The van der Waals surface area contributed by atoms with Gasteiger partial charge in [-0.25, -0.2) is 0 Å². The van der Waals surface area contributed by atoms with Crippen LogP contribution >= 0.6 is 0 Å². The molecule has 0 saturated carbocycles. The van der Waals surface area contributed by atoms with Gasteiger partial charge >= 0.3 is 0 Å². The normalized spacial score (nSPS) is 9.40. The molecule has 0 saturated heterocycles.